The van der Waals surface area contributed by atoms with Crippen LogP contribution in [0.5, 0.6) is 11.5 Å². The molecule has 0 atom stereocenters. The van der Waals surface area contributed by atoms with Crippen LogP contribution in [0.25, 0.3) is 6.08 Å². The highest BCUT2D eigenvalue weighted by Gasteiger charge is 2.01. The smallest absolute Gasteiger partial charge is 0.248 e. The lowest BCUT2D eigenvalue weighted by Crippen LogP contribution is -2.07. The van der Waals surface area contributed by atoms with Gasteiger partial charge in [-0.05, 0) is 72.3 Å². The molecule has 3 aromatic rings. The number of ether oxygens (including phenoxy) is 1. The maximum Gasteiger partial charge on any atom is 0.248 e. The molecular formula is C21H15BrClNO2. The first-order valence-electron chi connectivity index (χ1n) is 7.87. The second kappa shape index (κ2) is 8.70. The van der Waals surface area contributed by atoms with Gasteiger partial charge in [0.1, 0.15) is 11.5 Å². The van der Waals surface area contributed by atoms with Crippen molar-refractivity contribution < 1.29 is 9.53 Å². The van der Waals surface area contributed by atoms with Gasteiger partial charge in [0.2, 0.25) is 5.91 Å². The third-order valence-electron chi connectivity index (χ3n) is 3.47. The number of amides is 1. The topological polar surface area (TPSA) is 38.3 Å². The van der Waals surface area contributed by atoms with Gasteiger partial charge in [-0.25, -0.2) is 0 Å². The van der Waals surface area contributed by atoms with Crippen molar-refractivity contribution in [1.82, 2.24) is 0 Å². The minimum Gasteiger partial charge on any atom is -0.457 e. The van der Waals surface area contributed by atoms with Gasteiger partial charge in [0.25, 0.3) is 0 Å². The van der Waals surface area contributed by atoms with Gasteiger partial charge in [0, 0.05) is 21.3 Å². The van der Waals surface area contributed by atoms with Crippen molar-refractivity contribution in [2.24, 2.45) is 0 Å². The molecule has 0 radical (unpaired) electrons. The van der Waals surface area contributed by atoms with E-state index in [0.717, 1.165) is 10.0 Å². The van der Waals surface area contributed by atoms with Crippen LogP contribution >= 0.6 is 27.5 Å². The summed E-state index contributed by atoms with van der Waals surface area (Å²) in [5.41, 5.74) is 1.65. The molecule has 0 fully saturated rings. The minimum atomic E-state index is -0.195. The lowest BCUT2D eigenvalue weighted by Gasteiger charge is -2.07. The maximum absolute atomic E-state index is 12.0. The van der Waals surface area contributed by atoms with Gasteiger partial charge in [-0.1, -0.05) is 39.7 Å². The first kappa shape index (κ1) is 18.2. The number of benzene rings is 3. The molecule has 3 nitrogen and oxygen atoms in total. The van der Waals surface area contributed by atoms with Gasteiger partial charge in [-0.2, -0.15) is 0 Å². The summed E-state index contributed by atoms with van der Waals surface area (Å²) in [6, 6.07) is 22.0. The largest absolute Gasteiger partial charge is 0.457 e. The first-order valence-corrected chi connectivity index (χ1v) is 9.04. The predicted molar refractivity (Wildman–Crippen MR) is 110 cm³/mol. The van der Waals surface area contributed by atoms with Gasteiger partial charge in [0.05, 0.1) is 0 Å². The van der Waals surface area contributed by atoms with Crippen LogP contribution < -0.4 is 10.1 Å². The Labute approximate surface area is 165 Å². The number of anilines is 1. The fourth-order valence-electron chi connectivity index (χ4n) is 2.17. The molecule has 0 spiro atoms. The van der Waals surface area contributed by atoms with Crippen molar-refractivity contribution >= 4 is 45.2 Å². The average Bonchev–Trinajstić information content (AvgIpc) is 2.65. The van der Waals surface area contributed by atoms with Crippen molar-refractivity contribution in [3.05, 3.63) is 93.9 Å². The van der Waals surface area contributed by atoms with Crippen LogP contribution in [0.3, 0.4) is 0 Å². The van der Waals surface area contributed by atoms with E-state index in [0.29, 0.717) is 22.2 Å². The number of halogens is 2. The van der Waals surface area contributed by atoms with Crippen molar-refractivity contribution in [3.8, 4) is 11.5 Å². The zero-order valence-electron chi connectivity index (χ0n) is 13.7. The van der Waals surface area contributed by atoms with Gasteiger partial charge in [-0.3, -0.25) is 4.79 Å². The molecule has 0 bridgehead atoms. The summed E-state index contributed by atoms with van der Waals surface area (Å²) < 4.78 is 6.72. The first-order chi connectivity index (χ1) is 12.6. The summed E-state index contributed by atoms with van der Waals surface area (Å²) in [5.74, 6) is 1.18. The fraction of sp³-hybridized carbons (Fsp3) is 0. The van der Waals surface area contributed by atoms with Crippen LogP contribution in [-0.2, 0) is 4.79 Å². The molecule has 0 aromatic heterocycles. The van der Waals surface area contributed by atoms with Gasteiger partial charge in [-0.15, -0.1) is 0 Å². The fourth-order valence-corrected chi connectivity index (χ4v) is 2.57. The molecule has 3 rings (SSSR count). The number of carbonyl (C=O) groups is 1. The van der Waals surface area contributed by atoms with Crippen molar-refractivity contribution in [3.63, 3.8) is 0 Å². The molecular weight excluding hydrogens is 414 g/mol. The molecule has 0 aliphatic carbocycles. The third kappa shape index (κ3) is 5.48. The van der Waals surface area contributed by atoms with Crippen LogP contribution in [0.1, 0.15) is 5.56 Å². The van der Waals surface area contributed by atoms with Crippen LogP contribution in [0.2, 0.25) is 5.02 Å². The molecule has 0 saturated carbocycles. The Kier molecular flexibility index (Phi) is 6.10. The highest BCUT2D eigenvalue weighted by atomic mass is 79.9. The zero-order valence-corrected chi connectivity index (χ0v) is 16.0. The van der Waals surface area contributed by atoms with E-state index in [1.165, 1.54) is 6.08 Å². The lowest BCUT2D eigenvalue weighted by atomic mass is 10.2. The molecule has 0 saturated heterocycles. The molecule has 0 unspecified atom stereocenters. The van der Waals surface area contributed by atoms with E-state index in [2.05, 4.69) is 21.2 Å². The molecule has 130 valence electrons. The number of nitrogens with one attached hydrogen (secondary N) is 1. The SMILES string of the molecule is O=C(/C=C/c1ccc(Br)cc1)Nc1ccc(Oc2ccc(Cl)cc2)cc1. The van der Waals surface area contributed by atoms with E-state index in [9.17, 15) is 4.79 Å². The highest BCUT2D eigenvalue weighted by molar-refractivity contribution is 9.10. The number of hydrogen-bond donors (Lipinski definition) is 1. The molecule has 5 heteroatoms. The summed E-state index contributed by atoms with van der Waals surface area (Å²) in [4.78, 5) is 12.0. The Hall–Kier alpha value is -2.56. The van der Waals surface area contributed by atoms with Gasteiger partial charge in [0.15, 0.2) is 0 Å². The van der Waals surface area contributed by atoms with Crippen LogP contribution in [0.15, 0.2) is 83.3 Å². The van der Waals surface area contributed by atoms with Crippen molar-refractivity contribution in [2.45, 2.75) is 0 Å². The lowest BCUT2D eigenvalue weighted by molar-refractivity contribution is -0.111. The minimum absolute atomic E-state index is 0.195. The predicted octanol–water partition coefficient (Wildman–Crippen LogP) is 6.55. The van der Waals surface area contributed by atoms with E-state index in [1.807, 2.05) is 24.3 Å². The molecule has 0 heterocycles. The summed E-state index contributed by atoms with van der Waals surface area (Å²) in [6.45, 7) is 0. The third-order valence-corrected chi connectivity index (χ3v) is 4.25. The molecule has 0 aliphatic heterocycles. The Morgan fingerprint density at radius 2 is 1.46 bits per heavy atom. The Morgan fingerprint density at radius 1 is 0.885 bits per heavy atom. The second-order valence-electron chi connectivity index (χ2n) is 5.45. The van der Waals surface area contributed by atoms with E-state index in [-0.39, 0.29) is 5.91 Å². The standard InChI is InChI=1S/C21H15BrClNO2/c22-16-4-1-15(2-5-16)3-14-21(25)24-18-8-12-20(13-9-18)26-19-10-6-17(23)7-11-19/h1-14H,(H,24,25)/b14-3+. The molecule has 26 heavy (non-hydrogen) atoms. The monoisotopic (exact) mass is 427 g/mol. The van der Waals surface area contributed by atoms with E-state index >= 15 is 0 Å². The average molecular weight is 429 g/mol. The van der Waals surface area contributed by atoms with Crippen LogP contribution in [0, 0.1) is 0 Å². The van der Waals surface area contributed by atoms with E-state index in [4.69, 9.17) is 16.3 Å². The maximum atomic E-state index is 12.0. The molecule has 3 aromatic carbocycles. The van der Waals surface area contributed by atoms with Crippen LogP contribution in [-0.4, -0.2) is 5.91 Å². The number of carbonyl (C=O) groups excluding carboxylic acids is 1. The van der Waals surface area contributed by atoms with Gasteiger partial charge >= 0.3 is 0 Å². The molecule has 1 N–H and O–H groups in total. The Balaban J connectivity index is 1.57. The van der Waals surface area contributed by atoms with Crippen LogP contribution in [0.4, 0.5) is 5.69 Å². The molecule has 0 aliphatic rings. The number of hydrogen-bond acceptors (Lipinski definition) is 2. The summed E-state index contributed by atoms with van der Waals surface area (Å²) in [5, 5.41) is 3.47. The number of rotatable bonds is 5. The normalized spacial score (nSPS) is 10.7. The van der Waals surface area contributed by atoms with Gasteiger partial charge < -0.3 is 10.1 Å². The van der Waals surface area contributed by atoms with Crippen molar-refractivity contribution in [1.29, 1.82) is 0 Å². The second-order valence-corrected chi connectivity index (χ2v) is 6.81. The zero-order chi connectivity index (χ0) is 18.4. The summed E-state index contributed by atoms with van der Waals surface area (Å²) >= 11 is 9.23. The van der Waals surface area contributed by atoms with E-state index in [1.54, 1.807) is 54.6 Å². The highest BCUT2D eigenvalue weighted by Crippen LogP contribution is 2.24. The quantitative estimate of drug-likeness (QED) is 0.468. The Morgan fingerprint density at radius 3 is 2.08 bits per heavy atom. The van der Waals surface area contributed by atoms with Crippen molar-refractivity contribution in [2.75, 3.05) is 5.32 Å². The summed E-state index contributed by atoms with van der Waals surface area (Å²) in [7, 11) is 0. The molecule has 1 amide bonds. The Bertz CT molecular complexity index is 904. The van der Waals surface area contributed by atoms with E-state index < -0.39 is 0 Å². The summed E-state index contributed by atoms with van der Waals surface area (Å²) in [6.07, 6.45) is 3.27.